The van der Waals surface area contributed by atoms with Gasteiger partial charge in [-0.2, -0.15) is 0 Å². The number of nitrogens with zero attached hydrogens (tertiary/aromatic N) is 1. The summed E-state index contributed by atoms with van der Waals surface area (Å²) in [6.07, 6.45) is 1.64. The fourth-order valence-corrected chi connectivity index (χ4v) is 4.51. The number of ketones is 1. The van der Waals surface area contributed by atoms with Crippen molar-refractivity contribution in [3.8, 4) is 0 Å². The maximum Gasteiger partial charge on any atom is 0.229 e. The molecule has 30 heavy (non-hydrogen) atoms. The van der Waals surface area contributed by atoms with Crippen LogP contribution in [-0.2, 0) is 23.5 Å². The Bertz CT molecular complexity index is 1230. The fraction of sp³-hybridized carbons (Fsp3) is 0.261. The molecule has 2 aromatic carbocycles. The van der Waals surface area contributed by atoms with Gasteiger partial charge in [-0.05, 0) is 49.6 Å². The Morgan fingerprint density at radius 3 is 2.27 bits per heavy atom. The van der Waals surface area contributed by atoms with Crippen molar-refractivity contribution in [3.63, 3.8) is 0 Å². The van der Waals surface area contributed by atoms with Crippen molar-refractivity contribution in [2.45, 2.75) is 27.2 Å². The highest BCUT2D eigenvalue weighted by molar-refractivity contribution is 7.92. The number of rotatable bonds is 6. The third kappa shape index (κ3) is 4.60. The fourth-order valence-electron chi connectivity index (χ4n) is 3.67. The molecule has 158 valence electrons. The number of benzene rings is 2. The second-order valence-corrected chi connectivity index (χ2v) is 9.82. The van der Waals surface area contributed by atoms with E-state index in [-0.39, 0.29) is 5.78 Å². The summed E-state index contributed by atoms with van der Waals surface area (Å²) in [7, 11) is -1.47. The average Bonchev–Trinajstić information content (AvgIpc) is 2.85. The van der Waals surface area contributed by atoms with Crippen molar-refractivity contribution in [1.82, 2.24) is 4.57 Å². The maximum atomic E-state index is 13.3. The van der Waals surface area contributed by atoms with Gasteiger partial charge in [-0.1, -0.05) is 47.5 Å². The Labute approximate surface area is 182 Å². The molecule has 0 radical (unpaired) electrons. The van der Waals surface area contributed by atoms with E-state index in [4.69, 9.17) is 11.6 Å². The molecule has 7 heteroatoms. The second kappa shape index (κ2) is 8.28. The van der Waals surface area contributed by atoms with E-state index in [0.717, 1.165) is 34.2 Å². The molecule has 0 aliphatic heterocycles. The number of halogens is 1. The third-order valence-corrected chi connectivity index (χ3v) is 6.26. The summed E-state index contributed by atoms with van der Waals surface area (Å²) in [6, 6.07) is 12.9. The number of aryl methyl sites for hydroxylation is 2. The van der Waals surface area contributed by atoms with E-state index in [1.54, 1.807) is 12.1 Å². The van der Waals surface area contributed by atoms with Crippen molar-refractivity contribution in [3.05, 3.63) is 86.7 Å². The zero-order valence-corrected chi connectivity index (χ0v) is 19.3. The van der Waals surface area contributed by atoms with E-state index in [1.807, 2.05) is 62.7 Å². The molecule has 1 heterocycles. The van der Waals surface area contributed by atoms with Gasteiger partial charge in [-0.25, -0.2) is 8.42 Å². The molecular formula is C23H25ClN2O3S. The lowest BCUT2D eigenvalue weighted by Gasteiger charge is -2.11. The predicted octanol–water partition coefficient (Wildman–Crippen LogP) is 4.80. The molecule has 0 saturated heterocycles. The number of aromatic nitrogens is 1. The highest BCUT2D eigenvalue weighted by Crippen LogP contribution is 2.31. The van der Waals surface area contributed by atoms with Crippen molar-refractivity contribution in [2.75, 3.05) is 11.0 Å². The molecule has 5 nitrogen and oxygen atoms in total. The molecule has 0 aliphatic carbocycles. The first kappa shape index (κ1) is 22.1. The second-order valence-electron chi connectivity index (χ2n) is 7.69. The van der Waals surface area contributed by atoms with Crippen molar-refractivity contribution < 1.29 is 13.2 Å². The molecule has 0 atom stereocenters. The topological polar surface area (TPSA) is 68.2 Å². The lowest BCUT2D eigenvalue weighted by atomic mass is 9.99. The first-order chi connectivity index (χ1) is 14.0. The van der Waals surface area contributed by atoms with E-state index < -0.39 is 10.0 Å². The Balaban J connectivity index is 1.93. The number of sulfonamides is 1. The van der Waals surface area contributed by atoms with Crippen LogP contribution >= 0.6 is 11.6 Å². The standard InChI is InChI=1S/C23H25ClN2O3S/c1-14-6-11-19(15(2)12-14)23(27)22-16(3)21(24)20(26(22)4)13-17-7-9-18(10-8-17)25-30(5,28)29/h6-12,25H,13H2,1-5H3. The van der Waals surface area contributed by atoms with Crippen LogP contribution in [0.25, 0.3) is 0 Å². The first-order valence-corrected chi connectivity index (χ1v) is 11.8. The van der Waals surface area contributed by atoms with Gasteiger partial charge in [-0.3, -0.25) is 9.52 Å². The zero-order chi connectivity index (χ0) is 22.2. The van der Waals surface area contributed by atoms with Gasteiger partial charge in [0.1, 0.15) is 0 Å². The van der Waals surface area contributed by atoms with Gasteiger partial charge in [0.05, 0.1) is 17.0 Å². The molecule has 0 unspecified atom stereocenters. The SMILES string of the molecule is Cc1ccc(C(=O)c2c(C)c(Cl)c(Cc3ccc(NS(C)(=O)=O)cc3)n2C)c(C)c1. The van der Waals surface area contributed by atoms with Gasteiger partial charge in [-0.15, -0.1) is 0 Å². The number of anilines is 1. The third-order valence-electron chi connectivity index (χ3n) is 5.15. The minimum Gasteiger partial charge on any atom is -0.343 e. The molecule has 0 fully saturated rings. The van der Waals surface area contributed by atoms with Crippen LogP contribution < -0.4 is 4.72 Å². The largest absolute Gasteiger partial charge is 0.343 e. The van der Waals surface area contributed by atoms with Crippen molar-refractivity contribution in [1.29, 1.82) is 0 Å². The van der Waals surface area contributed by atoms with Gasteiger partial charge < -0.3 is 4.57 Å². The number of carbonyl (C=O) groups excluding carboxylic acids is 1. The molecule has 1 N–H and O–H groups in total. The van der Waals surface area contributed by atoms with Crippen LogP contribution in [0, 0.1) is 20.8 Å². The van der Waals surface area contributed by atoms with Crippen LogP contribution in [-0.4, -0.2) is 25.0 Å². The van der Waals surface area contributed by atoms with E-state index in [1.165, 1.54) is 0 Å². The van der Waals surface area contributed by atoms with Gasteiger partial charge in [0.2, 0.25) is 15.8 Å². The van der Waals surface area contributed by atoms with E-state index in [2.05, 4.69) is 4.72 Å². The molecule has 0 spiro atoms. The van der Waals surface area contributed by atoms with Crippen LogP contribution in [0.2, 0.25) is 5.02 Å². The van der Waals surface area contributed by atoms with Crippen molar-refractivity contribution in [2.24, 2.45) is 7.05 Å². The molecule has 3 rings (SSSR count). The molecular weight excluding hydrogens is 420 g/mol. The quantitative estimate of drug-likeness (QED) is 0.555. The van der Waals surface area contributed by atoms with Crippen LogP contribution in [0.1, 0.15) is 44.0 Å². The highest BCUT2D eigenvalue weighted by Gasteiger charge is 2.24. The van der Waals surface area contributed by atoms with Gasteiger partial charge >= 0.3 is 0 Å². The number of hydrogen-bond donors (Lipinski definition) is 1. The minimum atomic E-state index is -3.32. The van der Waals surface area contributed by atoms with Gasteiger partial charge in [0, 0.05) is 30.4 Å². The molecule has 1 aromatic heterocycles. The van der Waals surface area contributed by atoms with Crippen LogP contribution in [0.15, 0.2) is 42.5 Å². The van der Waals surface area contributed by atoms with Crippen LogP contribution in [0.3, 0.4) is 0 Å². The maximum absolute atomic E-state index is 13.3. The normalized spacial score (nSPS) is 11.5. The Morgan fingerprint density at radius 2 is 1.70 bits per heavy atom. The van der Waals surface area contributed by atoms with Gasteiger partial charge in [0.15, 0.2) is 0 Å². The Kier molecular flexibility index (Phi) is 6.11. The van der Waals surface area contributed by atoms with E-state index >= 15 is 0 Å². The van der Waals surface area contributed by atoms with Crippen LogP contribution in [0.4, 0.5) is 5.69 Å². The summed E-state index contributed by atoms with van der Waals surface area (Å²) < 4.78 is 27.0. The minimum absolute atomic E-state index is 0.0478. The summed E-state index contributed by atoms with van der Waals surface area (Å²) in [5.41, 5.74) is 6.36. The number of nitrogens with one attached hydrogen (secondary N) is 1. The molecule has 0 amide bonds. The van der Waals surface area contributed by atoms with Crippen LogP contribution in [0.5, 0.6) is 0 Å². The summed E-state index contributed by atoms with van der Waals surface area (Å²) >= 11 is 6.62. The highest BCUT2D eigenvalue weighted by atomic mass is 35.5. The molecule has 0 saturated carbocycles. The van der Waals surface area contributed by atoms with Gasteiger partial charge in [0.25, 0.3) is 0 Å². The average molecular weight is 445 g/mol. The van der Waals surface area contributed by atoms with E-state index in [0.29, 0.717) is 28.4 Å². The van der Waals surface area contributed by atoms with Crippen molar-refractivity contribution >= 4 is 33.1 Å². The zero-order valence-electron chi connectivity index (χ0n) is 17.7. The molecule has 0 bridgehead atoms. The Morgan fingerprint density at radius 1 is 1.07 bits per heavy atom. The summed E-state index contributed by atoms with van der Waals surface area (Å²) in [4.78, 5) is 13.3. The lowest BCUT2D eigenvalue weighted by Crippen LogP contribution is -2.12. The Hall–Kier alpha value is -2.57. The number of carbonyl (C=O) groups is 1. The monoisotopic (exact) mass is 444 g/mol. The summed E-state index contributed by atoms with van der Waals surface area (Å²) in [5, 5.41) is 0.573. The summed E-state index contributed by atoms with van der Waals surface area (Å²) in [5.74, 6) is -0.0478. The number of hydrogen-bond acceptors (Lipinski definition) is 3. The molecule has 3 aromatic rings. The predicted molar refractivity (Wildman–Crippen MR) is 122 cm³/mol. The lowest BCUT2D eigenvalue weighted by molar-refractivity contribution is 0.103. The summed E-state index contributed by atoms with van der Waals surface area (Å²) in [6.45, 7) is 5.80. The van der Waals surface area contributed by atoms with E-state index in [9.17, 15) is 13.2 Å². The first-order valence-electron chi connectivity index (χ1n) is 9.50. The smallest absolute Gasteiger partial charge is 0.229 e. The molecule has 0 aliphatic rings.